The first-order valence-electron chi connectivity index (χ1n) is 10.1. The summed E-state index contributed by atoms with van der Waals surface area (Å²) in [6, 6.07) is 17.3. The van der Waals surface area contributed by atoms with Gasteiger partial charge in [-0.05, 0) is 55.8 Å². The number of fused-ring (bicyclic) bond motifs is 1. The van der Waals surface area contributed by atoms with Gasteiger partial charge in [0.25, 0.3) is 11.7 Å². The number of carbonyl (C=O) groups excluding carboxylic acids is 1. The number of hydrogen-bond donors (Lipinski definition) is 0. The standard InChI is InChI=1S/C25H19ClN4O2/c1-15-3-8-21-20(13-15)22(16(2)30(21)14-17-4-6-19(26)7-5-17)23(31)25-29-28-24(32-25)18-9-11-27-12-10-18/h3-13H,14H2,1-2H3. The predicted octanol–water partition coefficient (Wildman–Crippen LogP) is 5.64. The zero-order valence-electron chi connectivity index (χ0n) is 17.5. The van der Waals surface area contributed by atoms with Gasteiger partial charge in [-0.1, -0.05) is 35.4 Å². The Bertz CT molecular complexity index is 1440. The number of benzene rings is 2. The number of halogens is 1. The van der Waals surface area contributed by atoms with E-state index in [9.17, 15) is 4.79 Å². The van der Waals surface area contributed by atoms with Gasteiger partial charge in [-0.25, -0.2) is 0 Å². The van der Waals surface area contributed by atoms with Crippen molar-refractivity contribution in [1.82, 2.24) is 19.7 Å². The zero-order chi connectivity index (χ0) is 22.2. The number of nitrogens with zero attached hydrogens (tertiary/aromatic N) is 4. The van der Waals surface area contributed by atoms with E-state index in [2.05, 4.69) is 19.7 Å². The van der Waals surface area contributed by atoms with E-state index in [4.69, 9.17) is 16.0 Å². The van der Waals surface area contributed by atoms with Crippen LogP contribution in [0.3, 0.4) is 0 Å². The lowest BCUT2D eigenvalue weighted by Crippen LogP contribution is -2.06. The van der Waals surface area contributed by atoms with E-state index in [1.807, 2.05) is 56.3 Å². The van der Waals surface area contributed by atoms with Crippen LogP contribution >= 0.6 is 11.6 Å². The molecule has 0 radical (unpaired) electrons. The van der Waals surface area contributed by atoms with E-state index < -0.39 is 0 Å². The summed E-state index contributed by atoms with van der Waals surface area (Å²) in [4.78, 5) is 17.5. The topological polar surface area (TPSA) is 73.8 Å². The van der Waals surface area contributed by atoms with Gasteiger partial charge in [0, 0.05) is 46.1 Å². The molecule has 3 heterocycles. The number of pyridine rings is 1. The summed E-state index contributed by atoms with van der Waals surface area (Å²) in [6.07, 6.45) is 3.27. The van der Waals surface area contributed by atoms with E-state index in [0.717, 1.165) is 27.7 Å². The molecule has 32 heavy (non-hydrogen) atoms. The Hall–Kier alpha value is -3.77. The van der Waals surface area contributed by atoms with Gasteiger partial charge in [0.1, 0.15) is 0 Å². The first-order chi connectivity index (χ1) is 15.5. The van der Waals surface area contributed by atoms with E-state index in [1.54, 1.807) is 24.5 Å². The fourth-order valence-electron chi connectivity index (χ4n) is 3.89. The Labute approximate surface area is 189 Å². The molecular formula is C25H19ClN4O2. The molecule has 0 amide bonds. The van der Waals surface area contributed by atoms with Crippen molar-refractivity contribution < 1.29 is 9.21 Å². The fourth-order valence-corrected chi connectivity index (χ4v) is 4.02. The molecule has 3 aromatic heterocycles. The molecule has 158 valence electrons. The van der Waals surface area contributed by atoms with Gasteiger partial charge >= 0.3 is 0 Å². The van der Waals surface area contributed by atoms with Crippen LogP contribution in [0.1, 0.15) is 33.1 Å². The van der Waals surface area contributed by atoms with Crippen molar-refractivity contribution in [3.63, 3.8) is 0 Å². The maximum absolute atomic E-state index is 13.5. The number of aromatic nitrogens is 4. The Morgan fingerprint density at radius 2 is 1.75 bits per heavy atom. The number of rotatable bonds is 5. The van der Waals surface area contributed by atoms with Gasteiger partial charge in [0.15, 0.2) is 0 Å². The summed E-state index contributed by atoms with van der Waals surface area (Å²) in [5, 5.41) is 9.65. The average Bonchev–Trinajstić information content (AvgIpc) is 3.39. The molecule has 6 nitrogen and oxygen atoms in total. The SMILES string of the molecule is Cc1ccc2c(c1)c(C(=O)c1nnc(-c3ccncc3)o1)c(C)n2Cc1ccc(Cl)cc1. The van der Waals surface area contributed by atoms with Crippen LogP contribution in [0.2, 0.25) is 5.02 Å². The van der Waals surface area contributed by atoms with Crippen molar-refractivity contribution in [2.45, 2.75) is 20.4 Å². The molecule has 0 N–H and O–H groups in total. The van der Waals surface area contributed by atoms with Crippen LogP contribution in [0.15, 0.2) is 71.4 Å². The molecule has 0 aliphatic heterocycles. The Kier molecular flexibility index (Phi) is 5.07. The lowest BCUT2D eigenvalue weighted by atomic mass is 10.0. The molecule has 5 rings (SSSR count). The fraction of sp³-hybridized carbons (Fsp3) is 0.120. The summed E-state index contributed by atoms with van der Waals surface area (Å²) in [6.45, 7) is 4.56. The lowest BCUT2D eigenvalue weighted by molar-refractivity contribution is 0.100. The average molecular weight is 443 g/mol. The lowest BCUT2D eigenvalue weighted by Gasteiger charge is -2.09. The molecule has 0 aliphatic rings. The minimum Gasteiger partial charge on any atom is -0.413 e. The van der Waals surface area contributed by atoms with E-state index >= 15 is 0 Å². The first kappa shape index (κ1) is 20.2. The van der Waals surface area contributed by atoms with Crippen LogP contribution < -0.4 is 0 Å². The normalized spacial score (nSPS) is 11.2. The second kappa shape index (κ2) is 8.05. The molecule has 5 aromatic rings. The van der Waals surface area contributed by atoms with Crippen LogP contribution in [0.5, 0.6) is 0 Å². The highest BCUT2D eigenvalue weighted by Gasteiger charge is 2.25. The third-order valence-electron chi connectivity index (χ3n) is 5.51. The number of aryl methyl sites for hydroxylation is 1. The third-order valence-corrected chi connectivity index (χ3v) is 5.76. The monoisotopic (exact) mass is 442 g/mol. The van der Waals surface area contributed by atoms with Gasteiger partial charge in [-0.15, -0.1) is 10.2 Å². The minimum atomic E-state index is -0.291. The zero-order valence-corrected chi connectivity index (χ0v) is 18.3. The van der Waals surface area contributed by atoms with Crippen LogP contribution in [-0.4, -0.2) is 25.5 Å². The number of ketones is 1. The summed E-state index contributed by atoms with van der Waals surface area (Å²) in [5.41, 5.74) is 5.26. The number of carbonyl (C=O) groups is 1. The van der Waals surface area contributed by atoms with Crippen LogP contribution in [0.4, 0.5) is 0 Å². The highest BCUT2D eigenvalue weighted by atomic mass is 35.5. The van der Waals surface area contributed by atoms with Gasteiger partial charge in [-0.3, -0.25) is 9.78 Å². The van der Waals surface area contributed by atoms with Crippen molar-refractivity contribution in [2.75, 3.05) is 0 Å². The maximum Gasteiger partial charge on any atom is 0.289 e. The number of hydrogen-bond acceptors (Lipinski definition) is 5. The largest absolute Gasteiger partial charge is 0.413 e. The van der Waals surface area contributed by atoms with Crippen LogP contribution in [-0.2, 0) is 6.54 Å². The Balaban J connectivity index is 1.60. The van der Waals surface area contributed by atoms with Crippen molar-refractivity contribution in [3.05, 3.63) is 100 Å². The smallest absolute Gasteiger partial charge is 0.289 e. The molecular weight excluding hydrogens is 424 g/mol. The van der Waals surface area contributed by atoms with E-state index in [-0.39, 0.29) is 17.6 Å². The van der Waals surface area contributed by atoms with Crippen molar-refractivity contribution in [2.24, 2.45) is 0 Å². The van der Waals surface area contributed by atoms with Gasteiger partial charge < -0.3 is 8.98 Å². The van der Waals surface area contributed by atoms with E-state index in [0.29, 0.717) is 22.7 Å². The highest BCUT2D eigenvalue weighted by Crippen LogP contribution is 2.30. The maximum atomic E-state index is 13.5. The molecule has 0 saturated carbocycles. The summed E-state index contributed by atoms with van der Waals surface area (Å²) >= 11 is 6.04. The third kappa shape index (κ3) is 3.59. The van der Waals surface area contributed by atoms with Crippen LogP contribution in [0.25, 0.3) is 22.4 Å². The predicted molar refractivity (Wildman–Crippen MR) is 123 cm³/mol. The molecule has 7 heteroatoms. The molecule has 0 fully saturated rings. The Morgan fingerprint density at radius 1 is 1.00 bits per heavy atom. The summed E-state index contributed by atoms with van der Waals surface area (Å²) in [7, 11) is 0. The highest BCUT2D eigenvalue weighted by molar-refractivity contribution is 6.30. The molecule has 2 aromatic carbocycles. The van der Waals surface area contributed by atoms with Crippen LogP contribution in [0, 0.1) is 13.8 Å². The van der Waals surface area contributed by atoms with Crippen molar-refractivity contribution >= 4 is 28.3 Å². The molecule has 0 atom stereocenters. The van der Waals surface area contributed by atoms with Crippen molar-refractivity contribution in [1.29, 1.82) is 0 Å². The van der Waals surface area contributed by atoms with Gasteiger partial charge in [0.2, 0.25) is 5.89 Å². The van der Waals surface area contributed by atoms with Gasteiger partial charge in [0.05, 0.1) is 5.56 Å². The summed E-state index contributed by atoms with van der Waals surface area (Å²) in [5.74, 6) is -0.0396. The summed E-state index contributed by atoms with van der Waals surface area (Å²) < 4.78 is 7.87. The molecule has 0 unspecified atom stereocenters. The second-order valence-electron chi connectivity index (χ2n) is 7.67. The molecule has 0 saturated heterocycles. The Morgan fingerprint density at radius 3 is 2.50 bits per heavy atom. The molecule has 0 spiro atoms. The molecule has 0 bridgehead atoms. The molecule has 0 aliphatic carbocycles. The second-order valence-corrected chi connectivity index (χ2v) is 8.11. The van der Waals surface area contributed by atoms with E-state index in [1.165, 1.54) is 0 Å². The minimum absolute atomic E-state index is 0.0352. The first-order valence-corrected chi connectivity index (χ1v) is 10.5. The quantitative estimate of drug-likeness (QED) is 0.329. The van der Waals surface area contributed by atoms with Gasteiger partial charge in [-0.2, -0.15) is 0 Å². The van der Waals surface area contributed by atoms with Crippen molar-refractivity contribution in [3.8, 4) is 11.5 Å².